The highest BCUT2D eigenvalue weighted by molar-refractivity contribution is 7.99. The van der Waals surface area contributed by atoms with Gasteiger partial charge in [-0.15, -0.1) is 0 Å². The van der Waals surface area contributed by atoms with E-state index in [0.717, 1.165) is 17.5 Å². The van der Waals surface area contributed by atoms with Crippen molar-refractivity contribution in [3.05, 3.63) is 11.9 Å². The van der Waals surface area contributed by atoms with Crippen LogP contribution in [-0.4, -0.2) is 39.0 Å². The number of aliphatic carboxylic acids is 1. The van der Waals surface area contributed by atoms with Gasteiger partial charge in [0.05, 0.1) is 12.4 Å². The Morgan fingerprint density at radius 1 is 1.48 bits per heavy atom. The van der Waals surface area contributed by atoms with Crippen LogP contribution in [0.25, 0.3) is 0 Å². The van der Waals surface area contributed by atoms with E-state index in [2.05, 4.69) is 4.98 Å². The van der Waals surface area contributed by atoms with Crippen LogP contribution in [0.1, 0.15) is 46.4 Å². The van der Waals surface area contributed by atoms with E-state index < -0.39 is 12.0 Å². The Bertz CT molecular complexity index is 520. The van der Waals surface area contributed by atoms with E-state index in [1.807, 2.05) is 20.8 Å². The van der Waals surface area contributed by atoms with Gasteiger partial charge in [-0.2, -0.15) is 0 Å². The van der Waals surface area contributed by atoms with E-state index in [0.29, 0.717) is 11.8 Å². The zero-order valence-corrected chi connectivity index (χ0v) is 13.9. The molecule has 0 aliphatic heterocycles. The zero-order chi connectivity index (χ0) is 16.2. The van der Waals surface area contributed by atoms with Crippen LogP contribution >= 0.6 is 11.8 Å². The minimum atomic E-state index is -0.921. The van der Waals surface area contributed by atoms with Gasteiger partial charge in [0, 0.05) is 17.3 Å². The number of hydrogen-bond donors (Lipinski definition) is 1. The van der Waals surface area contributed by atoms with Crippen LogP contribution in [0.5, 0.6) is 0 Å². The van der Waals surface area contributed by atoms with Crippen molar-refractivity contribution in [2.24, 2.45) is 0 Å². The number of nitrogens with zero attached hydrogens (tertiary/aromatic N) is 2. The fourth-order valence-corrected chi connectivity index (χ4v) is 2.65. The van der Waals surface area contributed by atoms with Crippen molar-refractivity contribution in [2.45, 2.75) is 51.2 Å². The largest absolute Gasteiger partial charge is 0.481 e. The Kier molecular flexibility index (Phi) is 5.83. The van der Waals surface area contributed by atoms with Crippen LogP contribution < -0.4 is 0 Å². The second kappa shape index (κ2) is 6.98. The van der Waals surface area contributed by atoms with Gasteiger partial charge in [0.2, 0.25) is 0 Å². The summed E-state index contributed by atoms with van der Waals surface area (Å²) < 4.78 is 6.83. The maximum absolute atomic E-state index is 12.0. The molecule has 0 bridgehead atoms. The van der Waals surface area contributed by atoms with E-state index in [4.69, 9.17) is 9.84 Å². The van der Waals surface area contributed by atoms with Gasteiger partial charge in [0.1, 0.15) is 6.04 Å². The van der Waals surface area contributed by atoms with E-state index >= 15 is 0 Å². The third-order valence-electron chi connectivity index (χ3n) is 2.87. The van der Waals surface area contributed by atoms with Crippen LogP contribution in [0.4, 0.5) is 0 Å². The molecule has 0 aliphatic rings. The average Bonchev–Trinajstić information content (AvgIpc) is 2.79. The topological polar surface area (TPSA) is 81.4 Å². The normalized spacial score (nSPS) is 13.0. The predicted octanol–water partition coefficient (Wildman–Crippen LogP) is 2.48. The molecule has 0 saturated carbocycles. The first-order valence-corrected chi connectivity index (χ1v) is 7.76. The molecule has 1 aromatic rings. The Morgan fingerprint density at radius 3 is 2.57 bits per heavy atom. The van der Waals surface area contributed by atoms with Crippen molar-refractivity contribution in [3.8, 4) is 0 Å². The molecule has 7 heteroatoms. The molecule has 6 nitrogen and oxygen atoms in total. The molecule has 1 heterocycles. The van der Waals surface area contributed by atoms with Crippen LogP contribution in [0.2, 0.25) is 0 Å². The molecule has 118 valence electrons. The summed E-state index contributed by atoms with van der Waals surface area (Å²) in [4.78, 5) is 27.0. The molecule has 1 N–H and O–H groups in total. The standard InChI is InChI=1S/C14H22N2O4S/c1-6-20-12(19)9(2)16-10(14(3,4)5)7-15-13(16)21-8-11(17)18/h7,9H,6,8H2,1-5H3,(H,17,18). The van der Waals surface area contributed by atoms with Gasteiger partial charge in [-0.3, -0.25) is 4.79 Å². The molecule has 0 saturated heterocycles. The Balaban J connectivity index is 3.19. The minimum Gasteiger partial charge on any atom is -0.481 e. The van der Waals surface area contributed by atoms with Crippen molar-refractivity contribution in [1.82, 2.24) is 9.55 Å². The molecule has 1 aromatic heterocycles. The van der Waals surface area contributed by atoms with Gasteiger partial charge in [0.15, 0.2) is 5.16 Å². The number of carboxylic acid groups (broad SMARTS) is 1. The van der Waals surface area contributed by atoms with Crippen LogP contribution in [-0.2, 0) is 19.7 Å². The zero-order valence-electron chi connectivity index (χ0n) is 13.0. The van der Waals surface area contributed by atoms with Crippen LogP contribution in [0.3, 0.4) is 0 Å². The summed E-state index contributed by atoms with van der Waals surface area (Å²) in [6, 6.07) is -0.544. The van der Waals surface area contributed by atoms with Gasteiger partial charge in [-0.05, 0) is 13.8 Å². The van der Waals surface area contributed by atoms with Crippen LogP contribution in [0, 0.1) is 0 Å². The smallest absolute Gasteiger partial charge is 0.328 e. The molecule has 0 aliphatic carbocycles. The molecule has 0 spiro atoms. The molecule has 0 amide bonds. The van der Waals surface area contributed by atoms with Gasteiger partial charge in [-0.1, -0.05) is 32.5 Å². The van der Waals surface area contributed by atoms with Crippen molar-refractivity contribution in [2.75, 3.05) is 12.4 Å². The van der Waals surface area contributed by atoms with Gasteiger partial charge in [-0.25, -0.2) is 9.78 Å². The molecule has 0 fully saturated rings. The number of imidazole rings is 1. The molecule has 1 unspecified atom stereocenters. The first-order valence-electron chi connectivity index (χ1n) is 6.77. The van der Waals surface area contributed by atoms with Gasteiger partial charge >= 0.3 is 11.9 Å². The highest BCUT2D eigenvalue weighted by atomic mass is 32.2. The Hall–Kier alpha value is -1.50. The maximum Gasteiger partial charge on any atom is 0.328 e. The van der Waals surface area contributed by atoms with Gasteiger partial charge in [0.25, 0.3) is 0 Å². The number of carbonyl (C=O) groups excluding carboxylic acids is 1. The number of aromatic nitrogens is 2. The quantitative estimate of drug-likeness (QED) is 0.642. The fourth-order valence-electron chi connectivity index (χ4n) is 1.87. The highest BCUT2D eigenvalue weighted by Gasteiger charge is 2.28. The number of carboxylic acids is 1. The van der Waals surface area contributed by atoms with Crippen molar-refractivity contribution in [3.63, 3.8) is 0 Å². The molecule has 1 atom stereocenters. The SMILES string of the molecule is CCOC(=O)C(C)n1c(C(C)(C)C)cnc1SCC(=O)O. The summed E-state index contributed by atoms with van der Waals surface area (Å²) in [5.74, 6) is -1.37. The van der Waals surface area contributed by atoms with E-state index in [1.54, 1.807) is 24.6 Å². The molecule has 1 rings (SSSR count). The molecule has 21 heavy (non-hydrogen) atoms. The van der Waals surface area contributed by atoms with Gasteiger partial charge < -0.3 is 14.4 Å². The highest BCUT2D eigenvalue weighted by Crippen LogP contribution is 2.31. The number of thioether (sulfide) groups is 1. The monoisotopic (exact) mass is 314 g/mol. The number of hydrogen-bond acceptors (Lipinski definition) is 5. The van der Waals surface area contributed by atoms with E-state index in [1.165, 1.54) is 0 Å². The van der Waals surface area contributed by atoms with Crippen molar-refractivity contribution < 1.29 is 19.4 Å². The van der Waals surface area contributed by atoms with Crippen LogP contribution in [0.15, 0.2) is 11.4 Å². The average molecular weight is 314 g/mol. The summed E-state index contributed by atoms with van der Waals surface area (Å²) in [5, 5.41) is 9.33. The number of esters is 1. The third kappa shape index (κ3) is 4.49. The first-order chi connectivity index (χ1) is 9.68. The third-order valence-corrected chi connectivity index (χ3v) is 3.82. The molecular weight excluding hydrogens is 292 g/mol. The second-order valence-electron chi connectivity index (χ2n) is 5.66. The summed E-state index contributed by atoms with van der Waals surface area (Å²) in [5.41, 5.74) is 0.659. The molecule has 0 radical (unpaired) electrons. The lowest BCUT2D eigenvalue weighted by molar-refractivity contribution is -0.146. The molecular formula is C14H22N2O4S. The lowest BCUT2D eigenvalue weighted by Gasteiger charge is -2.24. The Labute approximate surface area is 128 Å². The summed E-state index contributed by atoms with van der Waals surface area (Å²) in [6.07, 6.45) is 1.69. The summed E-state index contributed by atoms with van der Waals surface area (Å²) in [6.45, 7) is 9.85. The minimum absolute atomic E-state index is 0.101. The fraction of sp³-hybridized carbons (Fsp3) is 0.643. The van der Waals surface area contributed by atoms with Crippen molar-refractivity contribution in [1.29, 1.82) is 0 Å². The van der Waals surface area contributed by atoms with E-state index in [-0.39, 0.29) is 17.1 Å². The first kappa shape index (κ1) is 17.6. The Morgan fingerprint density at radius 2 is 2.10 bits per heavy atom. The lowest BCUT2D eigenvalue weighted by Crippen LogP contribution is -2.26. The second-order valence-corrected chi connectivity index (χ2v) is 6.60. The predicted molar refractivity (Wildman–Crippen MR) is 80.6 cm³/mol. The molecule has 0 aromatic carbocycles. The van der Waals surface area contributed by atoms with Crippen molar-refractivity contribution >= 4 is 23.7 Å². The number of ether oxygens (including phenoxy) is 1. The van der Waals surface area contributed by atoms with E-state index in [9.17, 15) is 9.59 Å². The summed E-state index contributed by atoms with van der Waals surface area (Å²) in [7, 11) is 0. The number of carbonyl (C=O) groups is 2. The maximum atomic E-state index is 12.0. The summed E-state index contributed by atoms with van der Waals surface area (Å²) >= 11 is 1.10. The number of rotatable bonds is 6. The lowest BCUT2D eigenvalue weighted by atomic mass is 9.92.